The number of carbonyl (C=O) groups excluding carboxylic acids is 1. The third-order valence-corrected chi connectivity index (χ3v) is 6.35. The Kier molecular flexibility index (Phi) is 5.96. The molecule has 1 saturated heterocycles. The van der Waals surface area contributed by atoms with Crippen molar-refractivity contribution >= 4 is 5.91 Å². The monoisotopic (exact) mass is 378 g/mol. The summed E-state index contributed by atoms with van der Waals surface area (Å²) < 4.78 is 0. The molecule has 0 bridgehead atoms. The molecule has 2 unspecified atom stereocenters. The summed E-state index contributed by atoms with van der Waals surface area (Å²) in [6, 6.07) is 15.4. The average Bonchev–Trinajstić information content (AvgIpc) is 2.99. The summed E-state index contributed by atoms with van der Waals surface area (Å²) in [5.74, 6) is 1.15. The highest BCUT2D eigenvalue weighted by Gasteiger charge is 2.32. The largest absolute Gasteiger partial charge is 0.508 e. The summed E-state index contributed by atoms with van der Waals surface area (Å²) >= 11 is 0. The third kappa shape index (κ3) is 4.39. The molecular formula is C24H30N2O2. The molecule has 2 aliphatic rings. The number of hydrogen-bond acceptors (Lipinski definition) is 3. The van der Waals surface area contributed by atoms with Crippen LogP contribution in [-0.2, 0) is 6.42 Å². The van der Waals surface area contributed by atoms with Gasteiger partial charge in [-0.05, 0) is 86.5 Å². The Balaban J connectivity index is 1.54. The number of fused-ring (bicyclic) bond motifs is 1. The number of phenols is 1. The Morgan fingerprint density at radius 1 is 1.07 bits per heavy atom. The van der Waals surface area contributed by atoms with Gasteiger partial charge in [-0.1, -0.05) is 30.7 Å². The van der Waals surface area contributed by atoms with Gasteiger partial charge < -0.3 is 15.7 Å². The standard InChI is InChI=1S/C24H30N2O2/c27-20-11-8-19(9-12-20)24(28)26-23-13-10-18-6-1-2-7-21(18)22(23)15-17-5-3-4-14-25-16-17/h1-2,6-9,11-12,17,22-23,25,27H,3-5,10,13-16H2,(H,26,28)/t17?,22-,23?/m0/s1. The van der Waals surface area contributed by atoms with Crippen molar-refractivity contribution in [1.82, 2.24) is 10.6 Å². The second kappa shape index (κ2) is 8.78. The number of aryl methyl sites for hydroxylation is 1. The van der Waals surface area contributed by atoms with E-state index in [2.05, 4.69) is 34.9 Å². The van der Waals surface area contributed by atoms with Gasteiger partial charge >= 0.3 is 0 Å². The first-order chi connectivity index (χ1) is 13.7. The fourth-order valence-electron chi connectivity index (χ4n) is 4.83. The van der Waals surface area contributed by atoms with Gasteiger partial charge in [-0.25, -0.2) is 0 Å². The first kappa shape index (κ1) is 19.0. The smallest absolute Gasteiger partial charge is 0.251 e. The summed E-state index contributed by atoms with van der Waals surface area (Å²) in [6.45, 7) is 2.20. The molecule has 3 atom stereocenters. The second-order valence-electron chi connectivity index (χ2n) is 8.27. The Labute approximate surface area is 167 Å². The number of benzene rings is 2. The fraction of sp³-hybridized carbons (Fsp3) is 0.458. The van der Waals surface area contributed by atoms with E-state index in [1.54, 1.807) is 24.3 Å². The van der Waals surface area contributed by atoms with E-state index in [1.807, 2.05) is 0 Å². The van der Waals surface area contributed by atoms with Crippen molar-refractivity contribution < 1.29 is 9.90 Å². The highest BCUT2D eigenvalue weighted by Crippen LogP contribution is 2.37. The molecule has 1 heterocycles. The molecule has 0 saturated carbocycles. The van der Waals surface area contributed by atoms with Crippen molar-refractivity contribution in [3.05, 3.63) is 65.2 Å². The zero-order valence-electron chi connectivity index (χ0n) is 16.4. The maximum atomic E-state index is 12.8. The van der Waals surface area contributed by atoms with Crippen molar-refractivity contribution in [1.29, 1.82) is 0 Å². The summed E-state index contributed by atoms with van der Waals surface area (Å²) in [5, 5.41) is 16.4. The van der Waals surface area contributed by atoms with Crippen LogP contribution in [0.4, 0.5) is 0 Å². The molecule has 1 aliphatic heterocycles. The molecule has 4 nitrogen and oxygen atoms in total. The maximum absolute atomic E-state index is 12.8. The molecule has 4 heteroatoms. The van der Waals surface area contributed by atoms with Crippen molar-refractivity contribution in [3.63, 3.8) is 0 Å². The SMILES string of the molecule is O=C(NC1CCc2ccccc2[C@@H]1CC1CCCCNC1)c1ccc(O)cc1. The molecule has 148 valence electrons. The number of nitrogens with one attached hydrogen (secondary N) is 2. The van der Waals surface area contributed by atoms with Crippen LogP contribution in [0.1, 0.15) is 59.5 Å². The van der Waals surface area contributed by atoms with Crippen molar-refractivity contribution in [3.8, 4) is 5.75 Å². The minimum Gasteiger partial charge on any atom is -0.508 e. The topological polar surface area (TPSA) is 61.4 Å². The summed E-state index contributed by atoms with van der Waals surface area (Å²) in [6.07, 6.45) is 6.92. The van der Waals surface area contributed by atoms with E-state index in [9.17, 15) is 9.90 Å². The van der Waals surface area contributed by atoms with Crippen LogP contribution in [-0.4, -0.2) is 30.1 Å². The van der Waals surface area contributed by atoms with Gasteiger partial charge in [0, 0.05) is 17.5 Å². The number of amides is 1. The van der Waals surface area contributed by atoms with Crippen LogP contribution in [0.2, 0.25) is 0 Å². The molecule has 2 aromatic rings. The lowest BCUT2D eigenvalue weighted by molar-refractivity contribution is 0.0922. The van der Waals surface area contributed by atoms with Gasteiger partial charge in [0.15, 0.2) is 0 Å². The first-order valence-electron chi connectivity index (χ1n) is 10.6. The van der Waals surface area contributed by atoms with E-state index in [1.165, 1.54) is 30.4 Å². The maximum Gasteiger partial charge on any atom is 0.251 e. The number of hydrogen-bond donors (Lipinski definition) is 3. The van der Waals surface area contributed by atoms with Gasteiger partial charge in [0.25, 0.3) is 5.91 Å². The third-order valence-electron chi connectivity index (χ3n) is 6.35. The summed E-state index contributed by atoms with van der Waals surface area (Å²) in [7, 11) is 0. The lowest BCUT2D eigenvalue weighted by atomic mass is 9.74. The first-order valence-corrected chi connectivity index (χ1v) is 10.6. The lowest BCUT2D eigenvalue weighted by Gasteiger charge is -2.36. The molecule has 3 N–H and O–H groups in total. The van der Waals surface area contributed by atoms with Crippen LogP contribution in [0.25, 0.3) is 0 Å². The van der Waals surface area contributed by atoms with Gasteiger partial charge in [0.1, 0.15) is 5.75 Å². The van der Waals surface area contributed by atoms with Gasteiger partial charge in [-0.2, -0.15) is 0 Å². The number of rotatable bonds is 4. The molecule has 4 rings (SSSR count). The zero-order valence-corrected chi connectivity index (χ0v) is 16.4. The van der Waals surface area contributed by atoms with E-state index < -0.39 is 0 Å². The van der Waals surface area contributed by atoms with Crippen LogP contribution in [0.5, 0.6) is 5.75 Å². The van der Waals surface area contributed by atoms with E-state index in [4.69, 9.17) is 0 Å². The number of aromatic hydroxyl groups is 1. The lowest BCUT2D eigenvalue weighted by Crippen LogP contribution is -2.43. The zero-order chi connectivity index (χ0) is 19.3. The number of phenolic OH excluding ortho intramolecular Hbond substituents is 1. The average molecular weight is 379 g/mol. The van der Waals surface area contributed by atoms with Crippen molar-refractivity contribution in [2.45, 2.75) is 50.5 Å². The van der Waals surface area contributed by atoms with Crippen molar-refractivity contribution in [2.75, 3.05) is 13.1 Å². The molecule has 0 spiro atoms. The molecule has 0 aromatic heterocycles. The van der Waals surface area contributed by atoms with E-state index in [0.29, 0.717) is 17.4 Å². The Morgan fingerprint density at radius 2 is 1.89 bits per heavy atom. The van der Waals surface area contributed by atoms with Crippen LogP contribution in [0.3, 0.4) is 0 Å². The van der Waals surface area contributed by atoms with E-state index in [0.717, 1.165) is 32.4 Å². The minimum absolute atomic E-state index is 0.0478. The predicted molar refractivity (Wildman–Crippen MR) is 112 cm³/mol. The molecule has 1 fully saturated rings. The minimum atomic E-state index is -0.0478. The molecule has 0 radical (unpaired) electrons. The Morgan fingerprint density at radius 3 is 2.75 bits per heavy atom. The fourth-order valence-corrected chi connectivity index (χ4v) is 4.83. The molecule has 28 heavy (non-hydrogen) atoms. The quantitative estimate of drug-likeness (QED) is 0.754. The second-order valence-corrected chi connectivity index (χ2v) is 8.27. The van der Waals surface area contributed by atoms with Crippen molar-refractivity contribution in [2.24, 2.45) is 5.92 Å². The van der Waals surface area contributed by atoms with Crippen LogP contribution in [0, 0.1) is 5.92 Å². The van der Waals surface area contributed by atoms with E-state index >= 15 is 0 Å². The Hall–Kier alpha value is -2.33. The van der Waals surface area contributed by atoms with E-state index in [-0.39, 0.29) is 17.7 Å². The summed E-state index contributed by atoms with van der Waals surface area (Å²) in [4.78, 5) is 12.8. The predicted octanol–water partition coefficient (Wildman–Crippen LogP) is 4.00. The molecule has 1 aliphatic carbocycles. The van der Waals surface area contributed by atoms with Crippen LogP contribution in [0.15, 0.2) is 48.5 Å². The molecular weight excluding hydrogens is 348 g/mol. The highest BCUT2D eigenvalue weighted by molar-refractivity contribution is 5.94. The van der Waals surface area contributed by atoms with Gasteiger partial charge in [-0.15, -0.1) is 0 Å². The van der Waals surface area contributed by atoms with Gasteiger partial charge in [-0.3, -0.25) is 4.79 Å². The van der Waals surface area contributed by atoms with Crippen LogP contribution < -0.4 is 10.6 Å². The normalized spacial score (nSPS) is 24.8. The highest BCUT2D eigenvalue weighted by atomic mass is 16.3. The number of carbonyl (C=O) groups is 1. The van der Waals surface area contributed by atoms with Gasteiger partial charge in [0.2, 0.25) is 0 Å². The molecule has 1 amide bonds. The summed E-state index contributed by atoms with van der Waals surface area (Å²) in [5.41, 5.74) is 3.45. The Bertz CT molecular complexity index is 795. The molecule has 2 aromatic carbocycles. The van der Waals surface area contributed by atoms with Crippen LogP contribution >= 0.6 is 0 Å². The van der Waals surface area contributed by atoms with Gasteiger partial charge in [0.05, 0.1) is 0 Å².